The van der Waals surface area contributed by atoms with E-state index >= 15 is 0 Å². The van der Waals surface area contributed by atoms with Crippen LogP contribution in [0.2, 0.25) is 5.02 Å². The smallest absolute Gasteiger partial charge is 0.282 e. The predicted molar refractivity (Wildman–Crippen MR) is 138 cm³/mol. The molecule has 0 aliphatic carbocycles. The average Bonchev–Trinajstić information content (AvgIpc) is 3.25. The van der Waals surface area contributed by atoms with Gasteiger partial charge >= 0.3 is 0 Å². The van der Waals surface area contributed by atoms with Crippen LogP contribution in [0, 0.1) is 0 Å². The minimum absolute atomic E-state index is 0.240. The number of aromatic nitrogens is 2. The second kappa shape index (κ2) is 9.36. The first-order valence-corrected chi connectivity index (χ1v) is 11.5. The molecule has 0 saturated heterocycles. The van der Waals surface area contributed by atoms with Crippen molar-refractivity contribution in [1.29, 1.82) is 0 Å². The van der Waals surface area contributed by atoms with Gasteiger partial charge in [-0.3, -0.25) is 9.59 Å². The van der Waals surface area contributed by atoms with E-state index in [2.05, 4.69) is 26.0 Å². The number of carbonyl (C=O) groups excluding carboxylic acids is 1. The molecule has 2 heterocycles. The third-order valence-electron chi connectivity index (χ3n) is 5.10. The van der Waals surface area contributed by atoms with E-state index in [0.29, 0.717) is 43.1 Å². The molecule has 0 aliphatic heterocycles. The number of rotatable bonds is 6. The van der Waals surface area contributed by atoms with Gasteiger partial charge in [-0.05, 0) is 76.1 Å². The monoisotopic (exact) mass is 550 g/mol. The van der Waals surface area contributed by atoms with Gasteiger partial charge in [0.1, 0.15) is 11.3 Å². The summed E-state index contributed by atoms with van der Waals surface area (Å²) in [6.07, 6.45) is 1.52. The SMILES string of the molecule is NC(=O)COc1ccc(C=Nn2c(-c3cc4cc(Cl)ccc4o3)nc3ccccc3c2=O)cc1Br. The Labute approximate surface area is 211 Å². The number of furan rings is 1. The molecule has 0 unspecified atom stereocenters. The van der Waals surface area contributed by atoms with Gasteiger partial charge in [0.2, 0.25) is 5.82 Å². The maximum absolute atomic E-state index is 13.4. The van der Waals surface area contributed by atoms with Gasteiger partial charge in [0.15, 0.2) is 12.4 Å². The second-order valence-electron chi connectivity index (χ2n) is 7.55. The summed E-state index contributed by atoms with van der Waals surface area (Å²) >= 11 is 9.52. The van der Waals surface area contributed by atoms with Gasteiger partial charge in [0.05, 0.1) is 21.6 Å². The molecule has 0 fully saturated rings. The predicted octanol–water partition coefficient (Wildman–Crippen LogP) is 4.97. The van der Waals surface area contributed by atoms with Gasteiger partial charge < -0.3 is 14.9 Å². The molecule has 35 heavy (non-hydrogen) atoms. The molecule has 0 aliphatic rings. The normalized spacial score (nSPS) is 11.5. The maximum atomic E-state index is 13.4. The molecule has 5 aromatic rings. The molecule has 2 aromatic heterocycles. The van der Waals surface area contributed by atoms with Crippen molar-refractivity contribution < 1.29 is 13.9 Å². The summed E-state index contributed by atoms with van der Waals surface area (Å²) in [5, 5.41) is 6.20. The van der Waals surface area contributed by atoms with Gasteiger partial charge in [-0.25, -0.2) is 4.98 Å². The topological polar surface area (TPSA) is 113 Å². The summed E-state index contributed by atoms with van der Waals surface area (Å²) in [6.45, 7) is -0.240. The first kappa shape index (κ1) is 22.8. The number of halogens is 2. The Morgan fingerprint density at radius 1 is 1.17 bits per heavy atom. The number of carbonyl (C=O) groups is 1. The third kappa shape index (κ3) is 4.68. The van der Waals surface area contributed by atoms with Crippen LogP contribution in [0.5, 0.6) is 5.75 Å². The number of primary amides is 1. The van der Waals surface area contributed by atoms with Gasteiger partial charge in [-0.1, -0.05) is 23.7 Å². The average molecular weight is 552 g/mol. The maximum Gasteiger partial charge on any atom is 0.282 e. The van der Waals surface area contributed by atoms with Crippen molar-refractivity contribution in [2.45, 2.75) is 0 Å². The number of ether oxygens (including phenoxy) is 1. The van der Waals surface area contributed by atoms with Gasteiger partial charge in [0, 0.05) is 10.4 Å². The van der Waals surface area contributed by atoms with E-state index in [4.69, 9.17) is 26.5 Å². The Morgan fingerprint density at radius 2 is 2.00 bits per heavy atom. The van der Waals surface area contributed by atoms with E-state index in [9.17, 15) is 9.59 Å². The lowest BCUT2D eigenvalue weighted by Gasteiger charge is -2.08. The van der Waals surface area contributed by atoms with E-state index in [-0.39, 0.29) is 18.0 Å². The highest BCUT2D eigenvalue weighted by Gasteiger charge is 2.16. The van der Waals surface area contributed by atoms with Crippen LogP contribution in [0.1, 0.15) is 5.56 Å². The molecule has 3 aromatic carbocycles. The van der Waals surface area contributed by atoms with Crippen LogP contribution >= 0.6 is 27.5 Å². The quantitative estimate of drug-likeness (QED) is 0.299. The lowest BCUT2D eigenvalue weighted by molar-refractivity contribution is -0.119. The van der Waals surface area contributed by atoms with Crippen LogP contribution in [0.4, 0.5) is 0 Å². The van der Waals surface area contributed by atoms with E-state index in [1.54, 1.807) is 60.7 Å². The molecule has 1 amide bonds. The summed E-state index contributed by atoms with van der Waals surface area (Å²) in [6, 6.07) is 19.2. The van der Waals surface area contributed by atoms with Crippen LogP contribution in [0.25, 0.3) is 33.5 Å². The minimum atomic E-state index is -0.578. The lowest BCUT2D eigenvalue weighted by atomic mass is 10.2. The molecule has 0 radical (unpaired) electrons. The number of nitrogens with two attached hydrogens (primary N) is 1. The van der Waals surface area contributed by atoms with Crippen LogP contribution in [0.3, 0.4) is 0 Å². The summed E-state index contributed by atoms with van der Waals surface area (Å²) in [5.74, 6) is 0.495. The molecule has 5 rings (SSSR count). The van der Waals surface area contributed by atoms with Crippen molar-refractivity contribution in [3.63, 3.8) is 0 Å². The van der Waals surface area contributed by atoms with Gasteiger partial charge in [0.25, 0.3) is 11.5 Å². The Balaban J connectivity index is 1.60. The van der Waals surface area contributed by atoms with Gasteiger partial charge in [-0.15, -0.1) is 0 Å². The third-order valence-corrected chi connectivity index (χ3v) is 5.96. The largest absolute Gasteiger partial charge is 0.483 e. The number of nitrogens with zero attached hydrogens (tertiary/aromatic N) is 3. The fourth-order valence-electron chi connectivity index (χ4n) is 3.50. The number of hydrogen-bond donors (Lipinski definition) is 1. The Bertz CT molecular complexity index is 1690. The van der Waals surface area contributed by atoms with Crippen molar-refractivity contribution in [3.05, 3.63) is 92.1 Å². The van der Waals surface area contributed by atoms with E-state index in [0.717, 1.165) is 5.39 Å². The van der Waals surface area contributed by atoms with Crippen LogP contribution in [-0.2, 0) is 4.79 Å². The number of benzene rings is 3. The molecule has 10 heteroatoms. The first-order chi connectivity index (χ1) is 16.9. The van der Waals surface area contributed by atoms with E-state index in [1.165, 1.54) is 10.9 Å². The highest BCUT2D eigenvalue weighted by molar-refractivity contribution is 9.10. The Morgan fingerprint density at radius 3 is 2.80 bits per heavy atom. The number of fused-ring (bicyclic) bond motifs is 2. The molecule has 0 spiro atoms. The van der Waals surface area contributed by atoms with E-state index in [1.807, 2.05) is 6.07 Å². The van der Waals surface area contributed by atoms with Crippen molar-refractivity contribution in [2.24, 2.45) is 10.8 Å². The van der Waals surface area contributed by atoms with Crippen LogP contribution in [0.15, 0.2) is 85.5 Å². The summed E-state index contributed by atoms with van der Waals surface area (Å²) in [5.41, 5.74) is 6.59. The standard InChI is InChI=1S/C25H16BrClN4O4/c26-18-9-14(5-7-21(18)34-13-23(28)32)12-29-31-24(30-19-4-2-1-3-17(19)25(31)33)22-11-15-10-16(27)6-8-20(15)35-22/h1-12H,13H2,(H2,28,32). The molecule has 174 valence electrons. The summed E-state index contributed by atoms with van der Waals surface area (Å²) in [4.78, 5) is 29.0. The molecular formula is C25H16BrClN4O4. The zero-order chi connectivity index (χ0) is 24.5. The van der Waals surface area contributed by atoms with Crippen molar-refractivity contribution in [1.82, 2.24) is 9.66 Å². The van der Waals surface area contributed by atoms with E-state index < -0.39 is 5.91 Å². The van der Waals surface area contributed by atoms with Gasteiger partial charge in [-0.2, -0.15) is 9.78 Å². The Kier molecular flexibility index (Phi) is 6.10. The fraction of sp³-hybridized carbons (Fsp3) is 0.0400. The number of amides is 1. The number of para-hydroxylation sites is 1. The van der Waals surface area contributed by atoms with Crippen LogP contribution < -0.4 is 16.0 Å². The highest BCUT2D eigenvalue weighted by Crippen LogP contribution is 2.29. The molecule has 0 atom stereocenters. The Hall–Kier alpha value is -3.95. The zero-order valence-electron chi connectivity index (χ0n) is 17.9. The van der Waals surface area contributed by atoms with Crippen molar-refractivity contribution >= 4 is 61.5 Å². The zero-order valence-corrected chi connectivity index (χ0v) is 20.3. The fourth-order valence-corrected chi connectivity index (χ4v) is 4.19. The molecular weight excluding hydrogens is 536 g/mol. The molecule has 0 bridgehead atoms. The molecule has 8 nitrogen and oxygen atoms in total. The first-order valence-electron chi connectivity index (χ1n) is 10.4. The molecule has 2 N–H and O–H groups in total. The lowest BCUT2D eigenvalue weighted by Crippen LogP contribution is -2.20. The minimum Gasteiger partial charge on any atom is -0.483 e. The highest BCUT2D eigenvalue weighted by atomic mass is 79.9. The van der Waals surface area contributed by atoms with Crippen molar-refractivity contribution in [2.75, 3.05) is 6.61 Å². The summed E-state index contributed by atoms with van der Waals surface area (Å²) < 4.78 is 13.1. The van der Waals surface area contributed by atoms with Crippen molar-refractivity contribution in [3.8, 4) is 17.3 Å². The van der Waals surface area contributed by atoms with Crippen LogP contribution in [-0.4, -0.2) is 28.4 Å². The second-order valence-corrected chi connectivity index (χ2v) is 8.84. The molecule has 0 saturated carbocycles. The summed E-state index contributed by atoms with van der Waals surface area (Å²) in [7, 11) is 0. The number of hydrogen-bond acceptors (Lipinski definition) is 6.